The molecule has 0 fully saturated rings. The Kier molecular flexibility index (Phi) is 7.41. The first kappa shape index (κ1) is 13.6. The van der Waals surface area contributed by atoms with Gasteiger partial charge in [0.1, 0.15) is 0 Å². The van der Waals surface area contributed by atoms with Crippen LogP contribution in [0.5, 0.6) is 0 Å². The van der Waals surface area contributed by atoms with E-state index < -0.39 is 0 Å². The second-order valence-electron chi connectivity index (χ2n) is 4.76. The van der Waals surface area contributed by atoms with E-state index in [1.807, 2.05) is 11.8 Å². The number of hydrogen-bond acceptors (Lipinski definition) is 1. The van der Waals surface area contributed by atoms with Crippen molar-refractivity contribution in [3.05, 3.63) is 30.3 Å². The minimum Gasteiger partial charge on any atom is -0.126 e. The molecular weight excluding hydrogens is 212 g/mol. The Bertz CT molecular complexity index is 253. The van der Waals surface area contributed by atoms with Gasteiger partial charge in [0.2, 0.25) is 0 Å². The third-order valence-corrected chi connectivity index (χ3v) is 3.79. The smallest absolute Gasteiger partial charge is 0.00719 e. The van der Waals surface area contributed by atoms with Gasteiger partial charge < -0.3 is 0 Å². The molecule has 0 aliphatic rings. The molecule has 1 aromatic rings. The third-order valence-electron chi connectivity index (χ3n) is 2.69. The van der Waals surface area contributed by atoms with E-state index in [1.54, 1.807) is 0 Å². The molecule has 0 heterocycles. The third kappa shape index (κ3) is 6.95. The summed E-state index contributed by atoms with van der Waals surface area (Å²) < 4.78 is 0. The van der Waals surface area contributed by atoms with Crippen LogP contribution in [0.3, 0.4) is 0 Å². The minimum absolute atomic E-state index is 0.874. The predicted molar refractivity (Wildman–Crippen MR) is 75.1 cm³/mol. The predicted octanol–water partition coefficient (Wildman–Crippen LogP) is 5.39. The van der Waals surface area contributed by atoms with Crippen LogP contribution >= 0.6 is 11.8 Å². The van der Waals surface area contributed by atoms with Crippen molar-refractivity contribution in [3.8, 4) is 0 Å². The molecule has 0 saturated heterocycles. The molecule has 0 aliphatic heterocycles. The molecule has 0 saturated carbocycles. The first-order chi connectivity index (χ1) is 7.79. The van der Waals surface area contributed by atoms with Crippen LogP contribution in [0.1, 0.15) is 46.0 Å². The van der Waals surface area contributed by atoms with Crippen LogP contribution in [-0.2, 0) is 0 Å². The van der Waals surface area contributed by atoms with Crippen LogP contribution in [0.25, 0.3) is 0 Å². The lowest BCUT2D eigenvalue weighted by Crippen LogP contribution is -1.87. The van der Waals surface area contributed by atoms with Gasteiger partial charge in [-0.1, -0.05) is 57.7 Å². The minimum atomic E-state index is 0.874. The summed E-state index contributed by atoms with van der Waals surface area (Å²) >= 11 is 1.98. The van der Waals surface area contributed by atoms with E-state index in [-0.39, 0.29) is 0 Å². The second kappa shape index (κ2) is 8.69. The summed E-state index contributed by atoms with van der Waals surface area (Å²) in [5.41, 5.74) is 0. The van der Waals surface area contributed by atoms with E-state index in [1.165, 1.54) is 42.8 Å². The highest BCUT2D eigenvalue weighted by Gasteiger charge is 1.95. The standard InChI is InChI=1S/C15H24S/c1-14(2)10-6-3-4-9-13-16-15-11-7-5-8-12-15/h5,7-8,11-12,14H,3-4,6,9-10,13H2,1-2H3. The summed E-state index contributed by atoms with van der Waals surface area (Å²) in [6.07, 6.45) is 6.97. The lowest BCUT2D eigenvalue weighted by Gasteiger charge is -2.04. The molecule has 1 heteroatoms. The van der Waals surface area contributed by atoms with Gasteiger partial charge in [0.25, 0.3) is 0 Å². The fourth-order valence-electron chi connectivity index (χ4n) is 1.71. The molecule has 0 unspecified atom stereocenters. The molecule has 0 amide bonds. The summed E-state index contributed by atoms with van der Waals surface area (Å²) in [7, 11) is 0. The molecule has 0 spiro atoms. The average molecular weight is 236 g/mol. The molecule has 0 atom stereocenters. The Morgan fingerprint density at radius 2 is 1.62 bits per heavy atom. The molecule has 0 radical (unpaired) electrons. The number of thioether (sulfide) groups is 1. The first-order valence-corrected chi connectivity index (χ1v) is 7.45. The average Bonchev–Trinajstić information content (AvgIpc) is 2.29. The van der Waals surface area contributed by atoms with Crippen LogP contribution in [0, 0.1) is 5.92 Å². The van der Waals surface area contributed by atoms with Gasteiger partial charge in [0.15, 0.2) is 0 Å². The lowest BCUT2D eigenvalue weighted by molar-refractivity contribution is 0.525. The largest absolute Gasteiger partial charge is 0.126 e. The highest BCUT2D eigenvalue weighted by Crippen LogP contribution is 2.19. The quantitative estimate of drug-likeness (QED) is 0.431. The number of benzene rings is 1. The molecule has 90 valence electrons. The van der Waals surface area contributed by atoms with E-state index in [4.69, 9.17) is 0 Å². The fraction of sp³-hybridized carbons (Fsp3) is 0.600. The van der Waals surface area contributed by atoms with Gasteiger partial charge in [0, 0.05) is 4.90 Å². The van der Waals surface area contributed by atoms with E-state index in [0.29, 0.717) is 0 Å². The van der Waals surface area contributed by atoms with Gasteiger partial charge in [-0.25, -0.2) is 0 Å². The molecule has 0 nitrogen and oxygen atoms in total. The Hall–Kier alpha value is -0.430. The molecule has 0 bridgehead atoms. The van der Waals surface area contributed by atoms with Gasteiger partial charge in [-0.2, -0.15) is 0 Å². The van der Waals surface area contributed by atoms with E-state index >= 15 is 0 Å². The summed E-state index contributed by atoms with van der Waals surface area (Å²) in [4.78, 5) is 1.41. The van der Waals surface area contributed by atoms with Crippen molar-refractivity contribution < 1.29 is 0 Å². The summed E-state index contributed by atoms with van der Waals surface area (Å²) in [6, 6.07) is 10.7. The van der Waals surface area contributed by atoms with Crippen molar-refractivity contribution in [2.45, 2.75) is 50.8 Å². The highest BCUT2D eigenvalue weighted by molar-refractivity contribution is 7.99. The molecule has 1 rings (SSSR count). The van der Waals surface area contributed by atoms with Crippen LogP contribution in [-0.4, -0.2) is 5.75 Å². The summed E-state index contributed by atoms with van der Waals surface area (Å²) in [5, 5.41) is 0. The van der Waals surface area contributed by atoms with E-state index in [0.717, 1.165) is 5.92 Å². The van der Waals surface area contributed by atoms with Crippen molar-refractivity contribution in [1.29, 1.82) is 0 Å². The van der Waals surface area contributed by atoms with Crippen LogP contribution in [0.4, 0.5) is 0 Å². The van der Waals surface area contributed by atoms with Gasteiger partial charge in [-0.05, 0) is 30.2 Å². The SMILES string of the molecule is CC(C)CCCCCCSc1ccccc1. The Morgan fingerprint density at radius 3 is 2.31 bits per heavy atom. The molecule has 0 aliphatic carbocycles. The Balaban J connectivity index is 1.93. The first-order valence-electron chi connectivity index (χ1n) is 6.47. The van der Waals surface area contributed by atoms with Crippen molar-refractivity contribution in [2.75, 3.05) is 5.75 Å². The number of rotatable bonds is 8. The molecular formula is C15H24S. The lowest BCUT2D eigenvalue weighted by atomic mass is 10.0. The molecule has 1 aromatic carbocycles. The van der Waals surface area contributed by atoms with Crippen molar-refractivity contribution in [1.82, 2.24) is 0 Å². The van der Waals surface area contributed by atoms with Crippen LogP contribution in [0.15, 0.2) is 35.2 Å². The molecule has 0 aromatic heterocycles. The van der Waals surface area contributed by atoms with E-state index in [9.17, 15) is 0 Å². The van der Waals surface area contributed by atoms with Crippen molar-refractivity contribution in [2.24, 2.45) is 5.92 Å². The zero-order valence-corrected chi connectivity index (χ0v) is 11.4. The van der Waals surface area contributed by atoms with Crippen molar-refractivity contribution in [3.63, 3.8) is 0 Å². The monoisotopic (exact) mass is 236 g/mol. The topological polar surface area (TPSA) is 0 Å². The maximum atomic E-state index is 2.31. The molecule has 16 heavy (non-hydrogen) atoms. The maximum Gasteiger partial charge on any atom is 0.00719 e. The van der Waals surface area contributed by atoms with Gasteiger partial charge >= 0.3 is 0 Å². The van der Waals surface area contributed by atoms with Gasteiger partial charge in [0.05, 0.1) is 0 Å². The highest BCUT2D eigenvalue weighted by atomic mass is 32.2. The zero-order valence-electron chi connectivity index (χ0n) is 10.6. The maximum absolute atomic E-state index is 2.31. The summed E-state index contributed by atoms with van der Waals surface area (Å²) in [5.74, 6) is 2.14. The second-order valence-corrected chi connectivity index (χ2v) is 5.93. The summed E-state index contributed by atoms with van der Waals surface area (Å²) in [6.45, 7) is 4.62. The van der Waals surface area contributed by atoms with Crippen LogP contribution in [0.2, 0.25) is 0 Å². The number of unbranched alkanes of at least 4 members (excludes halogenated alkanes) is 3. The van der Waals surface area contributed by atoms with Crippen molar-refractivity contribution >= 4 is 11.8 Å². The fourth-order valence-corrected chi connectivity index (χ4v) is 2.65. The Labute approximate surface area is 105 Å². The Morgan fingerprint density at radius 1 is 0.938 bits per heavy atom. The zero-order chi connectivity index (χ0) is 11.6. The van der Waals surface area contributed by atoms with Crippen LogP contribution < -0.4 is 0 Å². The van der Waals surface area contributed by atoms with E-state index in [2.05, 4.69) is 44.2 Å². The van der Waals surface area contributed by atoms with Gasteiger partial charge in [-0.3, -0.25) is 0 Å². The normalized spacial score (nSPS) is 10.9. The molecule has 0 N–H and O–H groups in total. The number of hydrogen-bond donors (Lipinski definition) is 0. The van der Waals surface area contributed by atoms with Gasteiger partial charge in [-0.15, -0.1) is 11.8 Å².